The van der Waals surface area contributed by atoms with Crippen molar-refractivity contribution in [3.05, 3.63) is 254 Å². The predicted octanol–water partition coefficient (Wildman–Crippen LogP) is 18.6. The summed E-state index contributed by atoms with van der Waals surface area (Å²) in [4.78, 5) is 0. The molecule has 2 heterocycles. The Morgan fingerprint density at radius 3 is 1.25 bits per heavy atom. The van der Waals surface area contributed by atoms with Crippen molar-refractivity contribution in [2.24, 2.45) is 0 Å². The predicted molar refractivity (Wildman–Crippen MR) is 302 cm³/mol. The lowest BCUT2D eigenvalue weighted by molar-refractivity contribution is 0.660. The summed E-state index contributed by atoms with van der Waals surface area (Å²) in [6.45, 7) is 4.78. The van der Waals surface area contributed by atoms with Gasteiger partial charge in [0, 0.05) is 38.3 Å². The van der Waals surface area contributed by atoms with Crippen molar-refractivity contribution >= 4 is 75.9 Å². The van der Waals surface area contributed by atoms with E-state index in [1.54, 1.807) is 0 Å². The van der Waals surface area contributed by atoms with Gasteiger partial charge in [-0.1, -0.05) is 202 Å². The van der Waals surface area contributed by atoms with Gasteiger partial charge in [-0.15, -0.1) is 0 Å². The van der Waals surface area contributed by atoms with Crippen molar-refractivity contribution in [3.63, 3.8) is 0 Å². The lowest BCUT2D eigenvalue weighted by atomic mass is 9.80. The van der Waals surface area contributed by atoms with Gasteiger partial charge in [-0.3, -0.25) is 0 Å². The number of rotatable bonds is 5. The van der Waals surface area contributed by atoms with Gasteiger partial charge in [0.05, 0.1) is 22.1 Å². The Bertz CT molecular complexity index is 4440. The van der Waals surface area contributed by atoms with Gasteiger partial charge in [-0.05, 0) is 143 Å². The first-order valence-corrected chi connectivity index (χ1v) is 24.8. The van der Waals surface area contributed by atoms with E-state index in [0.717, 1.165) is 11.4 Å². The highest BCUT2D eigenvalue weighted by Gasteiger charge is 2.35. The lowest BCUT2D eigenvalue weighted by Gasteiger charge is -2.24. The molecule has 12 aromatic carbocycles. The van der Waals surface area contributed by atoms with E-state index in [-0.39, 0.29) is 5.41 Å². The van der Waals surface area contributed by atoms with Gasteiger partial charge in [-0.2, -0.15) is 0 Å². The van der Waals surface area contributed by atoms with Crippen LogP contribution in [-0.4, -0.2) is 9.13 Å². The highest BCUT2D eigenvalue weighted by atomic mass is 15.0. The molecular formula is C69H46N2. The summed E-state index contributed by atoms with van der Waals surface area (Å²) in [5, 5.41) is 12.4. The molecule has 0 radical (unpaired) electrons. The molecule has 2 heteroatoms. The van der Waals surface area contributed by atoms with Gasteiger partial charge in [0.15, 0.2) is 0 Å². The van der Waals surface area contributed by atoms with Crippen molar-refractivity contribution in [2.75, 3.05) is 0 Å². The van der Waals surface area contributed by atoms with E-state index in [2.05, 4.69) is 266 Å². The summed E-state index contributed by atoms with van der Waals surface area (Å²) < 4.78 is 4.94. The largest absolute Gasteiger partial charge is 0.309 e. The van der Waals surface area contributed by atoms with Gasteiger partial charge in [0.2, 0.25) is 0 Å². The monoisotopic (exact) mass is 902 g/mol. The second-order valence-electron chi connectivity index (χ2n) is 20.0. The molecule has 1 aliphatic carbocycles. The van der Waals surface area contributed by atoms with E-state index < -0.39 is 0 Å². The molecule has 0 N–H and O–H groups in total. The summed E-state index contributed by atoms with van der Waals surface area (Å²) in [5.41, 5.74) is 19.7. The summed E-state index contributed by atoms with van der Waals surface area (Å²) in [5.74, 6) is 0. The van der Waals surface area contributed by atoms with E-state index in [9.17, 15) is 0 Å². The van der Waals surface area contributed by atoms with Crippen LogP contribution in [-0.2, 0) is 5.41 Å². The first-order chi connectivity index (χ1) is 35.0. The number of benzene rings is 12. The van der Waals surface area contributed by atoms with Crippen LogP contribution in [0.25, 0.3) is 132 Å². The van der Waals surface area contributed by atoms with Crippen LogP contribution >= 0.6 is 0 Å². The summed E-state index contributed by atoms with van der Waals surface area (Å²) in [7, 11) is 0. The van der Waals surface area contributed by atoms with Crippen molar-refractivity contribution < 1.29 is 0 Å². The molecule has 0 saturated heterocycles. The third-order valence-electron chi connectivity index (χ3n) is 15.9. The molecular weight excluding hydrogens is 857 g/mol. The molecule has 14 aromatic rings. The molecule has 0 unspecified atom stereocenters. The summed E-state index contributed by atoms with van der Waals surface area (Å²) in [6, 6.07) is 90.8. The quantitative estimate of drug-likeness (QED) is 0.152. The van der Waals surface area contributed by atoms with E-state index in [0.29, 0.717) is 0 Å². The fourth-order valence-corrected chi connectivity index (χ4v) is 12.7. The zero-order valence-corrected chi connectivity index (χ0v) is 39.5. The van der Waals surface area contributed by atoms with Crippen LogP contribution in [0.1, 0.15) is 25.0 Å². The Morgan fingerprint density at radius 1 is 0.254 bits per heavy atom. The topological polar surface area (TPSA) is 9.86 Å². The summed E-state index contributed by atoms with van der Waals surface area (Å²) >= 11 is 0. The maximum absolute atomic E-state index is 2.52. The highest BCUT2D eigenvalue weighted by molar-refractivity contribution is 6.25. The Kier molecular flexibility index (Phi) is 8.45. The number of hydrogen-bond acceptors (Lipinski definition) is 0. The average molecular weight is 903 g/mol. The van der Waals surface area contributed by atoms with Crippen molar-refractivity contribution in [1.82, 2.24) is 9.13 Å². The second-order valence-corrected chi connectivity index (χ2v) is 20.0. The maximum Gasteiger partial charge on any atom is 0.0541 e. The number of aromatic nitrogens is 2. The Labute approximate surface area is 411 Å². The third kappa shape index (κ3) is 5.71. The van der Waals surface area contributed by atoms with Gasteiger partial charge in [0.25, 0.3) is 0 Å². The molecule has 15 rings (SSSR count). The highest BCUT2D eigenvalue weighted by Crippen LogP contribution is 2.53. The van der Waals surface area contributed by atoms with E-state index in [1.165, 1.54) is 132 Å². The van der Waals surface area contributed by atoms with Crippen molar-refractivity contribution in [2.45, 2.75) is 19.3 Å². The van der Waals surface area contributed by atoms with Gasteiger partial charge in [0.1, 0.15) is 0 Å². The van der Waals surface area contributed by atoms with E-state index in [1.807, 2.05) is 0 Å². The SMILES string of the molecule is CC1(C)c2ccccc2-c2ccc(-c3c4cc(-n5c6ccccc6c6ccccc65)ccc4c(-c4ccc(-c5ccccc5)c5ccccc45)c4cc(-n5c6ccccc6c6ccccc65)ccc34)cc21. The van der Waals surface area contributed by atoms with E-state index in [4.69, 9.17) is 0 Å². The molecule has 0 amide bonds. The van der Waals surface area contributed by atoms with Gasteiger partial charge < -0.3 is 9.13 Å². The third-order valence-corrected chi connectivity index (χ3v) is 15.9. The standard InChI is InChI=1S/C69H46N2/c1-69(2)61-27-13-8-22-50(61)51-35-32-44(40-62(51)69)67-57-36-33-46(71-65-30-16-11-25-54(65)55-26-12-17-31-66(55)71)42-60(57)68(56-39-38-47(43-18-4-3-5-19-43)48-20-6-7-21-49(48)56)58-37-34-45(41-59(58)67)70-63-28-14-9-23-52(63)53-24-10-15-29-64(53)70/h3-42H,1-2H3. The average Bonchev–Trinajstić information content (AvgIpc) is 4.03. The van der Waals surface area contributed by atoms with Crippen molar-refractivity contribution in [1.29, 1.82) is 0 Å². The molecule has 71 heavy (non-hydrogen) atoms. The molecule has 0 atom stereocenters. The molecule has 0 fully saturated rings. The minimum atomic E-state index is -0.162. The fraction of sp³-hybridized carbons (Fsp3) is 0.0435. The van der Waals surface area contributed by atoms with Crippen molar-refractivity contribution in [3.8, 4) is 55.9 Å². The fourth-order valence-electron chi connectivity index (χ4n) is 12.7. The molecule has 0 bridgehead atoms. The summed E-state index contributed by atoms with van der Waals surface area (Å²) in [6.07, 6.45) is 0. The molecule has 2 nitrogen and oxygen atoms in total. The zero-order valence-electron chi connectivity index (χ0n) is 39.5. The molecule has 0 saturated carbocycles. The van der Waals surface area contributed by atoms with Gasteiger partial charge in [-0.25, -0.2) is 0 Å². The van der Waals surface area contributed by atoms with Gasteiger partial charge >= 0.3 is 0 Å². The number of para-hydroxylation sites is 4. The first-order valence-electron chi connectivity index (χ1n) is 24.8. The number of fused-ring (bicyclic) bond motifs is 12. The second kappa shape index (κ2) is 15.0. The Morgan fingerprint density at radius 2 is 0.676 bits per heavy atom. The molecule has 1 aliphatic rings. The Hall–Kier alpha value is -8.98. The van der Waals surface area contributed by atoms with Crippen LogP contribution < -0.4 is 0 Å². The molecule has 0 aliphatic heterocycles. The van der Waals surface area contributed by atoms with Crippen LogP contribution in [0, 0.1) is 0 Å². The molecule has 332 valence electrons. The minimum Gasteiger partial charge on any atom is -0.309 e. The molecule has 2 aromatic heterocycles. The maximum atomic E-state index is 2.52. The van der Waals surface area contributed by atoms with Crippen LogP contribution in [0.5, 0.6) is 0 Å². The molecule has 0 spiro atoms. The van der Waals surface area contributed by atoms with Crippen LogP contribution in [0.15, 0.2) is 243 Å². The normalized spacial score (nSPS) is 13.0. The van der Waals surface area contributed by atoms with E-state index >= 15 is 0 Å². The number of nitrogens with zero attached hydrogens (tertiary/aromatic N) is 2. The lowest BCUT2D eigenvalue weighted by Crippen LogP contribution is -2.14. The van der Waals surface area contributed by atoms with Crippen LogP contribution in [0.4, 0.5) is 0 Å². The first kappa shape index (κ1) is 40.0. The van der Waals surface area contributed by atoms with Crippen LogP contribution in [0.2, 0.25) is 0 Å². The minimum absolute atomic E-state index is 0.162. The Balaban J connectivity index is 1.11. The zero-order chi connectivity index (χ0) is 47.0. The van der Waals surface area contributed by atoms with Crippen LogP contribution in [0.3, 0.4) is 0 Å². The smallest absolute Gasteiger partial charge is 0.0541 e. The number of hydrogen-bond donors (Lipinski definition) is 0.